The molecule has 0 aromatic carbocycles. The molecule has 1 atom stereocenters. The first-order valence-electron chi connectivity index (χ1n) is 7.75. The third-order valence-corrected chi connectivity index (χ3v) is 3.52. The topological polar surface area (TPSA) is 21.6 Å². The standard InChI is InChI=1S/C16H29NO/c1-3-5-7-9-11-15-16(18-14-13-17-15)12-10-8-6-4-2/h13-14,16H,3-12H2,1-2H3. The predicted octanol–water partition coefficient (Wildman–Crippen LogP) is 5.24. The van der Waals surface area contributed by atoms with Gasteiger partial charge < -0.3 is 4.74 Å². The second-order valence-electron chi connectivity index (χ2n) is 5.19. The summed E-state index contributed by atoms with van der Waals surface area (Å²) in [6, 6.07) is 0. The fourth-order valence-corrected chi connectivity index (χ4v) is 2.37. The zero-order chi connectivity index (χ0) is 13.1. The first-order chi connectivity index (χ1) is 8.88. The predicted molar refractivity (Wildman–Crippen MR) is 79.0 cm³/mol. The van der Waals surface area contributed by atoms with Gasteiger partial charge in [-0.2, -0.15) is 0 Å². The van der Waals surface area contributed by atoms with Gasteiger partial charge in [0.05, 0.1) is 11.9 Å². The summed E-state index contributed by atoms with van der Waals surface area (Å²) in [5.74, 6) is 0. The van der Waals surface area contributed by atoms with Crippen molar-refractivity contribution in [3.8, 4) is 0 Å². The third kappa shape index (κ3) is 6.23. The molecule has 0 saturated heterocycles. The van der Waals surface area contributed by atoms with Crippen LogP contribution in [0.5, 0.6) is 0 Å². The number of nitrogens with zero attached hydrogens (tertiary/aromatic N) is 1. The zero-order valence-electron chi connectivity index (χ0n) is 12.2. The van der Waals surface area contributed by atoms with Crippen molar-refractivity contribution in [2.24, 2.45) is 4.99 Å². The summed E-state index contributed by atoms with van der Waals surface area (Å²) in [5, 5.41) is 0. The van der Waals surface area contributed by atoms with E-state index in [1.54, 1.807) is 12.5 Å². The van der Waals surface area contributed by atoms with E-state index in [4.69, 9.17) is 4.74 Å². The van der Waals surface area contributed by atoms with Gasteiger partial charge in [0.15, 0.2) is 0 Å². The number of unbranched alkanes of at least 4 members (excludes halogenated alkanes) is 6. The van der Waals surface area contributed by atoms with Crippen LogP contribution in [0.15, 0.2) is 17.5 Å². The van der Waals surface area contributed by atoms with Gasteiger partial charge in [0.1, 0.15) is 12.4 Å². The fourth-order valence-electron chi connectivity index (χ4n) is 2.37. The van der Waals surface area contributed by atoms with Gasteiger partial charge in [-0.1, -0.05) is 52.4 Å². The SMILES string of the molecule is CCCCCCC1=NC=COC1CCCCCC. The van der Waals surface area contributed by atoms with Gasteiger partial charge in [-0.3, -0.25) is 4.99 Å². The Morgan fingerprint density at radius 3 is 2.44 bits per heavy atom. The molecule has 0 bridgehead atoms. The van der Waals surface area contributed by atoms with Gasteiger partial charge in [-0.15, -0.1) is 0 Å². The van der Waals surface area contributed by atoms with E-state index >= 15 is 0 Å². The maximum atomic E-state index is 5.72. The van der Waals surface area contributed by atoms with E-state index in [2.05, 4.69) is 18.8 Å². The Labute approximate surface area is 113 Å². The molecule has 0 aliphatic carbocycles. The van der Waals surface area contributed by atoms with Crippen LogP contribution in [0.3, 0.4) is 0 Å². The molecule has 0 aromatic heterocycles. The summed E-state index contributed by atoms with van der Waals surface area (Å²) < 4.78 is 5.72. The van der Waals surface area contributed by atoms with Crippen LogP contribution in [0.1, 0.15) is 78.1 Å². The van der Waals surface area contributed by atoms with Gasteiger partial charge in [0.2, 0.25) is 0 Å². The monoisotopic (exact) mass is 251 g/mol. The molecular weight excluding hydrogens is 222 g/mol. The molecule has 0 spiro atoms. The second kappa shape index (κ2) is 10.2. The summed E-state index contributed by atoms with van der Waals surface area (Å²) in [6.45, 7) is 4.50. The summed E-state index contributed by atoms with van der Waals surface area (Å²) in [7, 11) is 0. The minimum Gasteiger partial charge on any atom is -0.490 e. The lowest BCUT2D eigenvalue weighted by atomic mass is 10.0. The Balaban J connectivity index is 2.23. The summed E-state index contributed by atoms with van der Waals surface area (Å²) >= 11 is 0. The van der Waals surface area contributed by atoms with Gasteiger partial charge in [-0.05, 0) is 25.7 Å². The Morgan fingerprint density at radius 2 is 1.72 bits per heavy atom. The zero-order valence-corrected chi connectivity index (χ0v) is 12.2. The molecule has 104 valence electrons. The molecule has 0 fully saturated rings. The van der Waals surface area contributed by atoms with Gasteiger partial charge in [0.25, 0.3) is 0 Å². The van der Waals surface area contributed by atoms with Crippen LogP contribution < -0.4 is 0 Å². The highest BCUT2D eigenvalue weighted by Crippen LogP contribution is 2.17. The highest BCUT2D eigenvalue weighted by molar-refractivity contribution is 5.89. The van der Waals surface area contributed by atoms with Crippen molar-refractivity contribution >= 4 is 5.71 Å². The van der Waals surface area contributed by atoms with Crippen molar-refractivity contribution in [3.05, 3.63) is 12.5 Å². The van der Waals surface area contributed by atoms with E-state index < -0.39 is 0 Å². The maximum absolute atomic E-state index is 5.72. The van der Waals surface area contributed by atoms with E-state index in [0.717, 1.165) is 12.8 Å². The minimum atomic E-state index is 0.258. The van der Waals surface area contributed by atoms with Gasteiger partial charge in [-0.25, -0.2) is 0 Å². The van der Waals surface area contributed by atoms with E-state index in [-0.39, 0.29) is 6.10 Å². The van der Waals surface area contributed by atoms with E-state index in [9.17, 15) is 0 Å². The Bertz CT molecular complexity index is 258. The molecule has 1 aliphatic heterocycles. The average Bonchev–Trinajstić information content (AvgIpc) is 2.41. The molecule has 2 nitrogen and oxygen atoms in total. The van der Waals surface area contributed by atoms with Crippen LogP contribution in [0.4, 0.5) is 0 Å². The molecule has 1 aliphatic rings. The van der Waals surface area contributed by atoms with Crippen LogP contribution in [0, 0.1) is 0 Å². The number of rotatable bonds is 10. The molecule has 0 amide bonds. The molecule has 0 radical (unpaired) electrons. The molecule has 1 heterocycles. The molecule has 2 heteroatoms. The van der Waals surface area contributed by atoms with Crippen molar-refractivity contribution in [2.45, 2.75) is 84.2 Å². The highest BCUT2D eigenvalue weighted by atomic mass is 16.5. The highest BCUT2D eigenvalue weighted by Gasteiger charge is 2.17. The van der Waals surface area contributed by atoms with E-state index in [1.165, 1.54) is 57.1 Å². The second-order valence-corrected chi connectivity index (χ2v) is 5.19. The molecular formula is C16H29NO. The maximum Gasteiger partial charge on any atom is 0.136 e. The van der Waals surface area contributed by atoms with Crippen molar-refractivity contribution in [1.82, 2.24) is 0 Å². The summed E-state index contributed by atoms with van der Waals surface area (Å²) in [4.78, 5) is 4.52. The van der Waals surface area contributed by atoms with E-state index in [1.807, 2.05) is 0 Å². The third-order valence-electron chi connectivity index (χ3n) is 3.52. The van der Waals surface area contributed by atoms with Crippen LogP contribution >= 0.6 is 0 Å². The van der Waals surface area contributed by atoms with Crippen LogP contribution in [0.2, 0.25) is 0 Å². The first kappa shape index (κ1) is 15.3. The molecule has 0 aromatic rings. The van der Waals surface area contributed by atoms with Crippen LogP contribution in [0.25, 0.3) is 0 Å². The number of ether oxygens (including phenoxy) is 1. The lowest BCUT2D eigenvalue weighted by molar-refractivity contribution is 0.183. The summed E-state index contributed by atoms with van der Waals surface area (Å²) in [6.07, 6.45) is 16.5. The Morgan fingerprint density at radius 1 is 1.00 bits per heavy atom. The first-order valence-corrected chi connectivity index (χ1v) is 7.75. The summed E-state index contributed by atoms with van der Waals surface area (Å²) in [5.41, 5.74) is 1.27. The minimum absolute atomic E-state index is 0.258. The quantitative estimate of drug-likeness (QED) is 0.487. The average molecular weight is 251 g/mol. The van der Waals surface area contributed by atoms with Crippen molar-refractivity contribution < 1.29 is 4.74 Å². The number of aliphatic imine (C=N–C) groups is 1. The smallest absolute Gasteiger partial charge is 0.136 e. The van der Waals surface area contributed by atoms with E-state index in [0.29, 0.717) is 0 Å². The molecule has 18 heavy (non-hydrogen) atoms. The molecule has 1 rings (SSSR count). The van der Waals surface area contributed by atoms with Gasteiger partial charge >= 0.3 is 0 Å². The van der Waals surface area contributed by atoms with Crippen molar-refractivity contribution in [1.29, 1.82) is 0 Å². The van der Waals surface area contributed by atoms with Crippen molar-refractivity contribution in [2.75, 3.05) is 0 Å². The van der Waals surface area contributed by atoms with Crippen LogP contribution in [-0.2, 0) is 4.74 Å². The number of hydrogen-bond acceptors (Lipinski definition) is 2. The van der Waals surface area contributed by atoms with Crippen molar-refractivity contribution in [3.63, 3.8) is 0 Å². The molecule has 0 N–H and O–H groups in total. The molecule has 1 unspecified atom stereocenters. The lowest BCUT2D eigenvalue weighted by Gasteiger charge is -2.21. The lowest BCUT2D eigenvalue weighted by Crippen LogP contribution is -2.24. The Hall–Kier alpha value is -0.790. The van der Waals surface area contributed by atoms with Crippen LogP contribution in [-0.4, -0.2) is 11.8 Å². The van der Waals surface area contributed by atoms with Gasteiger partial charge in [0, 0.05) is 0 Å². The Kier molecular flexibility index (Phi) is 8.62. The largest absolute Gasteiger partial charge is 0.490 e. The normalized spacial score (nSPS) is 18.6. The number of hydrogen-bond donors (Lipinski definition) is 0. The molecule has 0 saturated carbocycles. The fraction of sp³-hybridized carbons (Fsp3) is 0.812.